The van der Waals surface area contributed by atoms with Crippen molar-refractivity contribution < 1.29 is 29.0 Å². The van der Waals surface area contributed by atoms with Crippen molar-refractivity contribution in [3.8, 4) is 5.75 Å². The molecule has 2 aromatic rings. The topological polar surface area (TPSA) is 113 Å². The summed E-state index contributed by atoms with van der Waals surface area (Å²) in [4.78, 5) is 47.6. The Hall–Kier alpha value is -3.30. The first kappa shape index (κ1) is 22.4. The zero-order valence-corrected chi connectivity index (χ0v) is 17.8. The number of benzene rings is 2. The van der Waals surface area contributed by atoms with Crippen LogP contribution in [0.25, 0.3) is 6.08 Å². The number of ether oxygens (including phenoxy) is 1. The van der Waals surface area contributed by atoms with Gasteiger partial charge in [-0.1, -0.05) is 35.4 Å². The van der Waals surface area contributed by atoms with Crippen molar-refractivity contribution in [2.75, 3.05) is 18.5 Å². The summed E-state index contributed by atoms with van der Waals surface area (Å²) in [5.74, 6) is -2.03. The number of imide groups is 1. The zero-order chi connectivity index (χ0) is 22.5. The third-order valence-electron chi connectivity index (χ3n) is 4.11. The monoisotopic (exact) mass is 460 g/mol. The van der Waals surface area contributed by atoms with Crippen LogP contribution >= 0.6 is 23.4 Å². The van der Waals surface area contributed by atoms with E-state index in [2.05, 4.69) is 5.32 Å². The third-order valence-corrected chi connectivity index (χ3v) is 5.32. The van der Waals surface area contributed by atoms with E-state index in [1.165, 1.54) is 18.2 Å². The van der Waals surface area contributed by atoms with Crippen LogP contribution in [0.2, 0.25) is 5.02 Å². The van der Waals surface area contributed by atoms with Gasteiger partial charge in [-0.15, -0.1) is 0 Å². The molecular weight excluding hydrogens is 444 g/mol. The molecule has 1 saturated heterocycles. The van der Waals surface area contributed by atoms with Gasteiger partial charge >= 0.3 is 5.97 Å². The Labute approximate surface area is 186 Å². The number of rotatable bonds is 7. The number of carbonyl (C=O) groups is 4. The molecule has 8 nitrogen and oxygen atoms in total. The number of aliphatic carboxylic acids is 1. The summed E-state index contributed by atoms with van der Waals surface area (Å²) in [6.45, 7) is 1.00. The summed E-state index contributed by atoms with van der Waals surface area (Å²) in [5.41, 5.74) is 2.24. The van der Waals surface area contributed by atoms with Crippen molar-refractivity contribution in [2.24, 2.45) is 0 Å². The highest BCUT2D eigenvalue weighted by Crippen LogP contribution is 2.33. The molecule has 2 N–H and O–H groups in total. The highest BCUT2D eigenvalue weighted by atomic mass is 35.5. The number of amides is 3. The first-order chi connectivity index (χ1) is 14.7. The van der Waals surface area contributed by atoms with Crippen LogP contribution in [-0.4, -0.2) is 46.2 Å². The molecule has 31 heavy (non-hydrogen) atoms. The Morgan fingerprint density at radius 1 is 1.19 bits per heavy atom. The molecule has 3 rings (SSSR count). The number of halogens is 1. The molecule has 2 aromatic carbocycles. The van der Waals surface area contributed by atoms with Gasteiger partial charge in [-0.25, -0.2) is 0 Å². The molecule has 0 aliphatic carbocycles. The minimum absolute atomic E-state index is 0.0912. The lowest BCUT2D eigenvalue weighted by Gasteiger charge is -2.10. The largest absolute Gasteiger partial charge is 0.482 e. The quantitative estimate of drug-likeness (QED) is 0.604. The lowest BCUT2D eigenvalue weighted by atomic mass is 10.2. The maximum atomic E-state index is 12.2. The average Bonchev–Trinajstić information content (AvgIpc) is 2.96. The van der Waals surface area contributed by atoms with Crippen molar-refractivity contribution in [1.82, 2.24) is 4.90 Å². The minimum atomic E-state index is -1.28. The number of thioether (sulfide) groups is 1. The SMILES string of the molecule is Cc1ccc(NC(=O)COc2ccc(/C=C3/SC(=O)N(CC(=O)O)C3=O)cc2Cl)cc1. The molecule has 0 aromatic heterocycles. The minimum Gasteiger partial charge on any atom is -0.482 e. The summed E-state index contributed by atoms with van der Waals surface area (Å²) in [7, 11) is 0. The highest BCUT2D eigenvalue weighted by molar-refractivity contribution is 8.18. The van der Waals surface area contributed by atoms with Crippen LogP contribution in [-0.2, 0) is 14.4 Å². The summed E-state index contributed by atoms with van der Waals surface area (Å²) in [6.07, 6.45) is 1.44. The molecule has 0 saturated carbocycles. The van der Waals surface area contributed by atoms with Gasteiger partial charge in [-0.05, 0) is 54.6 Å². The van der Waals surface area contributed by atoms with E-state index in [1.54, 1.807) is 18.2 Å². The summed E-state index contributed by atoms with van der Waals surface area (Å²) < 4.78 is 5.45. The number of carboxylic acid groups (broad SMARTS) is 1. The van der Waals surface area contributed by atoms with E-state index in [1.807, 2.05) is 19.1 Å². The Balaban J connectivity index is 1.62. The molecule has 160 valence electrons. The van der Waals surface area contributed by atoms with Crippen LogP contribution in [0.15, 0.2) is 47.4 Å². The fraction of sp³-hybridized carbons (Fsp3) is 0.143. The van der Waals surface area contributed by atoms with Gasteiger partial charge in [-0.2, -0.15) is 0 Å². The van der Waals surface area contributed by atoms with Crippen molar-refractivity contribution in [3.63, 3.8) is 0 Å². The number of nitrogens with zero attached hydrogens (tertiary/aromatic N) is 1. The predicted octanol–water partition coefficient (Wildman–Crippen LogP) is 3.79. The first-order valence-corrected chi connectivity index (χ1v) is 10.2. The standard InChI is InChI=1S/C21H17ClN2O6S/c1-12-2-5-14(6-3-12)23-18(25)11-30-16-7-4-13(8-15(16)22)9-17-20(28)24(10-19(26)27)21(29)31-17/h2-9H,10-11H2,1H3,(H,23,25)(H,26,27)/b17-9+. The Kier molecular flexibility index (Phi) is 6.98. The number of anilines is 1. The Bertz CT molecular complexity index is 1080. The van der Waals surface area contributed by atoms with E-state index in [4.69, 9.17) is 21.4 Å². The van der Waals surface area contributed by atoms with E-state index in [-0.39, 0.29) is 28.2 Å². The molecule has 1 heterocycles. The van der Waals surface area contributed by atoms with E-state index in [0.29, 0.717) is 27.9 Å². The fourth-order valence-corrected chi connectivity index (χ4v) is 3.71. The molecule has 0 radical (unpaired) electrons. The Morgan fingerprint density at radius 3 is 2.55 bits per heavy atom. The second-order valence-corrected chi connectivity index (χ2v) is 7.95. The number of aryl methyl sites for hydroxylation is 1. The molecule has 1 aliphatic rings. The predicted molar refractivity (Wildman–Crippen MR) is 117 cm³/mol. The average molecular weight is 461 g/mol. The van der Waals surface area contributed by atoms with Crippen LogP contribution in [0.1, 0.15) is 11.1 Å². The smallest absolute Gasteiger partial charge is 0.323 e. The van der Waals surface area contributed by atoms with Gasteiger partial charge < -0.3 is 15.2 Å². The first-order valence-electron chi connectivity index (χ1n) is 8.99. The van der Waals surface area contributed by atoms with E-state index < -0.39 is 23.7 Å². The molecule has 0 spiro atoms. The van der Waals surface area contributed by atoms with Gasteiger partial charge in [-0.3, -0.25) is 24.1 Å². The number of carboxylic acids is 1. The summed E-state index contributed by atoms with van der Waals surface area (Å²) in [5, 5.41) is 11.1. The van der Waals surface area contributed by atoms with Crippen LogP contribution in [0.5, 0.6) is 5.75 Å². The van der Waals surface area contributed by atoms with Crippen molar-refractivity contribution in [1.29, 1.82) is 0 Å². The number of nitrogens with one attached hydrogen (secondary N) is 1. The number of hydrogen-bond donors (Lipinski definition) is 2. The van der Waals surface area contributed by atoms with Gasteiger partial charge in [0.15, 0.2) is 6.61 Å². The highest BCUT2D eigenvalue weighted by Gasteiger charge is 2.36. The zero-order valence-electron chi connectivity index (χ0n) is 16.3. The van der Waals surface area contributed by atoms with Crippen molar-refractivity contribution in [2.45, 2.75) is 6.92 Å². The maximum Gasteiger partial charge on any atom is 0.323 e. The van der Waals surface area contributed by atoms with Crippen LogP contribution in [0.3, 0.4) is 0 Å². The van der Waals surface area contributed by atoms with Gasteiger partial charge in [0.25, 0.3) is 17.1 Å². The second kappa shape index (κ2) is 9.67. The molecular formula is C21H17ClN2O6S. The van der Waals surface area contributed by atoms with E-state index in [9.17, 15) is 19.2 Å². The fourth-order valence-electron chi connectivity index (χ4n) is 2.62. The Morgan fingerprint density at radius 2 is 1.90 bits per heavy atom. The van der Waals surface area contributed by atoms with Crippen LogP contribution in [0, 0.1) is 6.92 Å². The molecule has 0 bridgehead atoms. The molecule has 1 aliphatic heterocycles. The molecule has 0 unspecified atom stereocenters. The maximum absolute atomic E-state index is 12.2. The molecule has 1 fully saturated rings. The van der Waals surface area contributed by atoms with Gasteiger partial charge in [0, 0.05) is 5.69 Å². The van der Waals surface area contributed by atoms with Crippen molar-refractivity contribution in [3.05, 3.63) is 63.5 Å². The molecule has 3 amide bonds. The normalized spacial score (nSPS) is 14.8. The van der Waals surface area contributed by atoms with Gasteiger partial charge in [0.1, 0.15) is 12.3 Å². The van der Waals surface area contributed by atoms with E-state index >= 15 is 0 Å². The van der Waals surface area contributed by atoms with Gasteiger partial charge in [0.2, 0.25) is 0 Å². The van der Waals surface area contributed by atoms with Crippen LogP contribution in [0.4, 0.5) is 10.5 Å². The van der Waals surface area contributed by atoms with Crippen LogP contribution < -0.4 is 10.1 Å². The molecule has 0 atom stereocenters. The number of carbonyl (C=O) groups excluding carboxylic acids is 3. The lowest BCUT2D eigenvalue weighted by molar-refractivity contribution is -0.140. The summed E-state index contributed by atoms with van der Waals surface area (Å²) >= 11 is 6.86. The summed E-state index contributed by atoms with van der Waals surface area (Å²) in [6, 6.07) is 12.0. The second-order valence-electron chi connectivity index (χ2n) is 6.55. The van der Waals surface area contributed by atoms with Crippen molar-refractivity contribution >= 4 is 58.1 Å². The number of hydrogen-bond acceptors (Lipinski definition) is 6. The van der Waals surface area contributed by atoms with E-state index in [0.717, 1.165) is 5.56 Å². The third kappa shape index (κ3) is 5.87. The lowest BCUT2D eigenvalue weighted by Crippen LogP contribution is -2.33. The van der Waals surface area contributed by atoms with Gasteiger partial charge in [0.05, 0.1) is 9.93 Å². The molecule has 10 heteroatoms.